The number of aliphatic hydroxyl groups excluding tert-OH is 2. The van der Waals surface area contributed by atoms with Crippen LogP contribution in [0, 0.1) is 17.8 Å². The summed E-state index contributed by atoms with van der Waals surface area (Å²) in [7, 11) is 0. The first-order valence-electron chi connectivity index (χ1n) is 12.5. The number of benzene rings is 1. The van der Waals surface area contributed by atoms with Gasteiger partial charge in [-0.3, -0.25) is 4.79 Å². The Morgan fingerprint density at radius 2 is 2.00 bits per heavy atom. The number of hydrogen-bond donors (Lipinski definition) is 2. The monoisotopic (exact) mass is 460 g/mol. The van der Waals surface area contributed by atoms with Gasteiger partial charge in [0.15, 0.2) is 0 Å². The fraction of sp³-hybridized carbons (Fsp3) is 0.667. The number of hydrogen-bond acceptors (Lipinski definition) is 6. The van der Waals surface area contributed by atoms with Gasteiger partial charge in [-0.1, -0.05) is 36.8 Å². The molecule has 1 aliphatic carbocycles. The molecule has 0 amide bonds. The van der Waals surface area contributed by atoms with E-state index in [2.05, 4.69) is 0 Å². The van der Waals surface area contributed by atoms with Crippen LogP contribution in [0.4, 0.5) is 0 Å². The zero-order chi connectivity index (χ0) is 23.6. The highest BCUT2D eigenvalue weighted by molar-refractivity contribution is 5.69. The van der Waals surface area contributed by atoms with Crippen LogP contribution in [0.5, 0.6) is 5.75 Å². The number of carbonyl (C=O) groups is 1. The lowest BCUT2D eigenvalue weighted by Gasteiger charge is -2.21. The third kappa shape index (κ3) is 8.43. The average molecular weight is 461 g/mol. The summed E-state index contributed by atoms with van der Waals surface area (Å²) in [5.41, 5.74) is 0. The molecule has 1 saturated carbocycles. The van der Waals surface area contributed by atoms with Crippen molar-refractivity contribution in [3.05, 3.63) is 42.5 Å². The van der Waals surface area contributed by atoms with E-state index in [9.17, 15) is 15.0 Å². The molecule has 1 aromatic rings. The summed E-state index contributed by atoms with van der Waals surface area (Å²) in [6.07, 6.45) is 8.64. The third-order valence-electron chi connectivity index (χ3n) is 6.67. The van der Waals surface area contributed by atoms with E-state index in [4.69, 9.17) is 14.2 Å². The first kappa shape index (κ1) is 25.7. The highest BCUT2D eigenvalue weighted by atomic mass is 16.5. The Kier molecular flexibility index (Phi) is 10.2. The summed E-state index contributed by atoms with van der Waals surface area (Å²) in [4.78, 5) is 11.7. The van der Waals surface area contributed by atoms with Crippen molar-refractivity contribution in [2.75, 3.05) is 13.2 Å². The Hall–Kier alpha value is -1.89. The smallest absolute Gasteiger partial charge is 0.306 e. The van der Waals surface area contributed by atoms with Crippen LogP contribution in [0.15, 0.2) is 42.5 Å². The van der Waals surface area contributed by atoms with Crippen molar-refractivity contribution < 1.29 is 29.2 Å². The van der Waals surface area contributed by atoms with E-state index in [1.807, 2.05) is 50.3 Å². The molecule has 0 radical (unpaired) electrons. The largest absolute Gasteiger partial charge is 0.491 e. The number of carbonyl (C=O) groups excluding carboxylic acids is 1. The Balaban J connectivity index is 1.41. The topological polar surface area (TPSA) is 85.2 Å². The minimum Gasteiger partial charge on any atom is -0.491 e. The number of esters is 1. The van der Waals surface area contributed by atoms with Crippen LogP contribution >= 0.6 is 0 Å². The molecule has 2 fully saturated rings. The summed E-state index contributed by atoms with van der Waals surface area (Å²) >= 11 is 0. The molecule has 0 aromatic heterocycles. The van der Waals surface area contributed by atoms with Gasteiger partial charge in [-0.25, -0.2) is 0 Å². The van der Waals surface area contributed by atoms with Crippen LogP contribution < -0.4 is 4.74 Å². The minimum absolute atomic E-state index is 0.00840. The number of aliphatic hydroxyl groups is 2. The molecule has 1 unspecified atom stereocenters. The Morgan fingerprint density at radius 3 is 2.76 bits per heavy atom. The molecule has 6 nitrogen and oxygen atoms in total. The molecule has 2 N–H and O–H groups in total. The predicted molar refractivity (Wildman–Crippen MR) is 127 cm³/mol. The van der Waals surface area contributed by atoms with Gasteiger partial charge in [0.05, 0.1) is 18.3 Å². The van der Waals surface area contributed by atoms with Gasteiger partial charge in [0.25, 0.3) is 0 Å². The fourth-order valence-electron chi connectivity index (χ4n) is 4.98. The Bertz CT molecular complexity index is 733. The van der Waals surface area contributed by atoms with Crippen LogP contribution in [0.2, 0.25) is 0 Å². The molecule has 184 valence electrons. The normalized spacial score (nSPS) is 28.5. The van der Waals surface area contributed by atoms with E-state index in [-0.39, 0.29) is 36.6 Å². The van der Waals surface area contributed by atoms with Crippen molar-refractivity contribution in [2.24, 2.45) is 17.8 Å². The van der Waals surface area contributed by atoms with Gasteiger partial charge in [-0.05, 0) is 63.5 Å². The maximum Gasteiger partial charge on any atom is 0.306 e. The van der Waals surface area contributed by atoms with Crippen LogP contribution in [0.25, 0.3) is 0 Å². The molecule has 1 saturated heterocycles. The summed E-state index contributed by atoms with van der Waals surface area (Å²) in [5.74, 6) is 1.36. The van der Waals surface area contributed by atoms with Crippen molar-refractivity contribution in [2.45, 2.75) is 83.2 Å². The molecule has 3 rings (SSSR count). The molecule has 1 heterocycles. The lowest BCUT2D eigenvalue weighted by molar-refractivity contribution is -0.147. The highest BCUT2D eigenvalue weighted by Crippen LogP contribution is 2.42. The van der Waals surface area contributed by atoms with Gasteiger partial charge in [0.2, 0.25) is 0 Å². The van der Waals surface area contributed by atoms with E-state index in [1.165, 1.54) is 0 Å². The highest BCUT2D eigenvalue weighted by Gasteiger charge is 2.43. The lowest BCUT2D eigenvalue weighted by atomic mass is 9.86. The van der Waals surface area contributed by atoms with Crippen molar-refractivity contribution >= 4 is 5.97 Å². The number of unbranched alkanes of at least 4 members (excludes halogenated alkanes) is 1. The van der Waals surface area contributed by atoms with E-state index < -0.39 is 12.2 Å². The van der Waals surface area contributed by atoms with Crippen molar-refractivity contribution in [1.82, 2.24) is 0 Å². The first-order valence-corrected chi connectivity index (χ1v) is 12.5. The number of para-hydroxylation sites is 1. The van der Waals surface area contributed by atoms with Crippen molar-refractivity contribution in [3.63, 3.8) is 0 Å². The molecule has 2 aliphatic rings. The molecule has 1 aliphatic heterocycles. The van der Waals surface area contributed by atoms with Crippen molar-refractivity contribution in [3.8, 4) is 5.75 Å². The van der Waals surface area contributed by atoms with Crippen molar-refractivity contribution in [1.29, 1.82) is 0 Å². The van der Waals surface area contributed by atoms with E-state index >= 15 is 0 Å². The zero-order valence-corrected chi connectivity index (χ0v) is 20.0. The Labute approximate surface area is 197 Å². The maximum atomic E-state index is 11.7. The number of rotatable bonds is 11. The summed E-state index contributed by atoms with van der Waals surface area (Å²) in [5, 5.41) is 20.9. The van der Waals surface area contributed by atoms with E-state index in [0.29, 0.717) is 25.4 Å². The number of ether oxygens (including phenoxy) is 3. The van der Waals surface area contributed by atoms with Gasteiger partial charge in [0.1, 0.15) is 18.5 Å². The second-order valence-corrected chi connectivity index (χ2v) is 9.72. The average Bonchev–Trinajstić information content (AvgIpc) is 2.95. The SMILES string of the molecule is CC(C)OC(=O)CCCCC1CC[C@@H]2[C@@H](C=C[C@@H](O)COc3ccccc3)[C@H](O)C[C@@H]2OC1. The van der Waals surface area contributed by atoms with Gasteiger partial charge >= 0.3 is 5.97 Å². The summed E-state index contributed by atoms with van der Waals surface area (Å²) < 4.78 is 17.0. The van der Waals surface area contributed by atoms with Crippen LogP contribution in [-0.4, -0.2) is 53.8 Å². The van der Waals surface area contributed by atoms with Crippen LogP contribution in [-0.2, 0) is 14.3 Å². The zero-order valence-electron chi connectivity index (χ0n) is 20.0. The maximum absolute atomic E-state index is 11.7. The Morgan fingerprint density at radius 1 is 1.21 bits per heavy atom. The van der Waals surface area contributed by atoms with Gasteiger partial charge < -0.3 is 24.4 Å². The quantitative estimate of drug-likeness (QED) is 0.291. The predicted octanol–water partition coefficient (Wildman–Crippen LogP) is 4.29. The molecule has 33 heavy (non-hydrogen) atoms. The fourth-order valence-corrected chi connectivity index (χ4v) is 4.98. The van der Waals surface area contributed by atoms with Crippen LogP contribution in [0.1, 0.15) is 58.8 Å². The van der Waals surface area contributed by atoms with Gasteiger partial charge in [-0.2, -0.15) is 0 Å². The van der Waals surface area contributed by atoms with E-state index in [0.717, 1.165) is 37.9 Å². The van der Waals surface area contributed by atoms with Gasteiger partial charge in [-0.15, -0.1) is 0 Å². The molecule has 0 bridgehead atoms. The lowest BCUT2D eigenvalue weighted by Crippen LogP contribution is -2.22. The first-order chi connectivity index (χ1) is 15.9. The van der Waals surface area contributed by atoms with Crippen LogP contribution in [0.3, 0.4) is 0 Å². The summed E-state index contributed by atoms with van der Waals surface area (Å²) in [6.45, 7) is 4.64. The molecule has 6 heteroatoms. The van der Waals surface area contributed by atoms with Gasteiger partial charge in [0, 0.05) is 25.4 Å². The summed E-state index contributed by atoms with van der Waals surface area (Å²) in [6, 6.07) is 9.43. The number of fused-ring (bicyclic) bond motifs is 1. The standard InChI is InChI=1S/C27H40O6/c1-19(2)33-27(30)11-7-6-8-20-12-14-24-23(25(29)16-26(24)32-17-20)15-13-21(28)18-31-22-9-4-3-5-10-22/h3-5,9-10,13,15,19-21,23-26,28-29H,6-8,11-12,14,16-18H2,1-2H3/t20?,21-,23-,24-,25-,26+/m1/s1. The third-order valence-corrected chi connectivity index (χ3v) is 6.67. The molecule has 6 atom stereocenters. The second kappa shape index (κ2) is 13.1. The minimum atomic E-state index is -0.724. The van der Waals surface area contributed by atoms with E-state index in [1.54, 1.807) is 6.08 Å². The molecule has 0 spiro atoms. The molecular weight excluding hydrogens is 420 g/mol. The molecular formula is C27H40O6. The molecule has 1 aromatic carbocycles. The second-order valence-electron chi connectivity index (χ2n) is 9.72.